The zero-order chi connectivity index (χ0) is 49.0. The molecule has 2 aliphatic carbocycles. The van der Waals surface area contributed by atoms with Gasteiger partial charge < -0.3 is 18.3 Å². The Morgan fingerprint density at radius 3 is 1.07 bits per heavy atom. The van der Waals surface area contributed by atoms with Crippen molar-refractivity contribution in [1.82, 2.24) is 18.3 Å². The maximum Gasteiger partial charge on any atom is 0.102 e. The summed E-state index contributed by atoms with van der Waals surface area (Å²) in [4.78, 5) is 0. The Balaban J connectivity index is 1.20. The van der Waals surface area contributed by atoms with Crippen LogP contribution in [-0.4, -0.2) is 18.3 Å². The van der Waals surface area contributed by atoms with Gasteiger partial charge in [0.05, 0.1) is 66.6 Å². The molecule has 0 unspecified atom stereocenters. The lowest BCUT2D eigenvalue weighted by Crippen LogP contribution is -2.20. The summed E-state index contributed by atoms with van der Waals surface area (Å²) in [6.07, 6.45) is 10.5. The molecule has 15 rings (SSSR count). The third-order valence-electron chi connectivity index (χ3n) is 17.2. The Bertz CT molecular complexity index is 4250. The molecule has 6 heteroatoms. The summed E-state index contributed by atoms with van der Waals surface area (Å²) < 4.78 is 9.87. The van der Waals surface area contributed by atoms with E-state index in [1.165, 1.54) is 17.2 Å². The van der Waals surface area contributed by atoms with Gasteiger partial charge >= 0.3 is 0 Å². The first-order chi connectivity index (χ1) is 36.7. The number of nitrogens with zero attached hydrogens (tertiary/aromatic N) is 6. The van der Waals surface area contributed by atoms with E-state index in [-0.39, 0.29) is 11.8 Å². The van der Waals surface area contributed by atoms with Crippen LogP contribution in [0.1, 0.15) is 98.3 Å². The molecule has 0 atom stereocenters. The smallest absolute Gasteiger partial charge is 0.102 e. The number of para-hydroxylation sites is 6. The molecule has 2 fully saturated rings. The summed E-state index contributed by atoms with van der Waals surface area (Å²) in [5.41, 5.74) is 16.3. The van der Waals surface area contributed by atoms with Crippen LogP contribution in [0.3, 0.4) is 0 Å². The van der Waals surface area contributed by atoms with Crippen LogP contribution in [-0.2, 0) is 0 Å². The fourth-order valence-electron chi connectivity index (χ4n) is 14.2. The molecule has 0 amide bonds. The number of nitriles is 2. The summed E-state index contributed by atoms with van der Waals surface area (Å²) in [6.45, 7) is 0. The Kier molecular flexibility index (Phi) is 9.76. The molecule has 0 N–H and O–H groups in total. The van der Waals surface area contributed by atoms with Crippen LogP contribution in [0, 0.1) is 22.7 Å². The van der Waals surface area contributed by atoms with Crippen molar-refractivity contribution in [3.8, 4) is 34.9 Å². The molecule has 0 spiro atoms. The van der Waals surface area contributed by atoms with Crippen LogP contribution in [0.4, 0.5) is 0 Å². The molecule has 6 nitrogen and oxygen atoms in total. The molecule has 0 bridgehead atoms. The van der Waals surface area contributed by atoms with E-state index in [1.807, 2.05) is 0 Å². The molecule has 0 aliphatic heterocycles. The van der Waals surface area contributed by atoms with Crippen molar-refractivity contribution in [1.29, 1.82) is 10.5 Å². The largest absolute Gasteiger partial charge is 0.309 e. The Labute approximate surface area is 429 Å². The van der Waals surface area contributed by atoms with Gasteiger partial charge in [0, 0.05) is 60.0 Å². The molecule has 2 saturated carbocycles. The quantitative estimate of drug-likeness (QED) is 0.167. The number of benzene rings is 9. The molecule has 2 aliphatic rings. The average Bonchev–Trinajstić information content (AvgIpc) is 4.20. The highest BCUT2D eigenvalue weighted by atomic mass is 15.1. The van der Waals surface area contributed by atoms with Gasteiger partial charge in [-0.25, -0.2) is 0 Å². The van der Waals surface area contributed by atoms with E-state index in [0.717, 1.165) is 168 Å². The first kappa shape index (κ1) is 42.8. The normalized spacial score (nSPS) is 14.9. The fourth-order valence-corrected chi connectivity index (χ4v) is 14.2. The number of hydrogen-bond donors (Lipinski definition) is 0. The molecule has 9 aromatic carbocycles. The Hall–Kier alpha value is -8.84. The minimum atomic E-state index is 0.0483. The molecule has 4 aromatic heterocycles. The van der Waals surface area contributed by atoms with E-state index in [1.54, 1.807) is 0 Å². The zero-order valence-electron chi connectivity index (χ0n) is 41.2. The standard InChI is InChI=1S/C68H52N6/c69-41-53-61(43-21-5-1-6-22-43)54(42-70)68(74-56-34-18-14-30-48(56)50-38-40-60-64(66(50)74)52-32-16-20-36-58(52)72(60)46-27-11-4-12-28-46)62(44-23-7-2-8-24-44)67(53)73-55-33-17-13-29-47(55)49-37-39-59-63(65(49)73)51-31-15-19-35-57(51)71(59)45-25-9-3-10-26-45/h3-4,9-20,25-40,43-44H,1-2,5-8,21-24H2. The van der Waals surface area contributed by atoms with Crippen molar-refractivity contribution < 1.29 is 0 Å². The molecule has 0 radical (unpaired) electrons. The summed E-state index contributed by atoms with van der Waals surface area (Å²) in [5.74, 6) is 0.127. The fraction of sp³-hybridized carbons (Fsp3) is 0.176. The van der Waals surface area contributed by atoms with Gasteiger partial charge in [-0.2, -0.15) is 10.5 Å². The highest BCUT2D eigenvalue weighted by Gasteiger charge is 2.37. The summed E-state index contributed by atoms with van der Waals surface area (Å²) in [7, 11) is 0. The summed E-state index contributed by atoms with van der Waals surface area (Å²) in [5, 5.41) is 33.9. The SMILES string of the molecule is N#Cc1c(C2CCCCC2)c(C#N)c(-n2c3ccccc3c3ccc4c(c5ccccc5n4-c4ccccc4)c32)c(C2CCCCC2)c1-n1c2ccccc2c2ccc3c(c4ccccc4n3-c3ccccc3)c21. The molecule has 13 aromatic rings. The lowest BCUT2D eigenvalue weighted by Gasteiger charge is -2.33. The Morgan fingerprint density at radius 2 is 0.662 bits per heavy atom. The highest BCUT2D eigenvalue weighted by Crippen LogP contribution is 2.53. The van der Waals surface area contributed by atoms with Crippen LogP contribution in [0.25, 0.3) is 110 Å². The molecule has 4 heterocycles. The lowest BCUT2D eigenvalue weighted by atomic mass is 9.74. The number of fused-ring (bicyclic) bond motifs is 14. The van der Waals surface area contributed by atoms with E-state index >= 15 is 0 Å². The number of aromatic nitrogens is 4. The van der Waals surface area contributed by atoms with Crippen molar-refractivity contribution in [2.24, 2.45) is 0 Å². The summed E-state index contributed by atoms with van der Waals surface area (Å²) >= 11 is 0. The zero-order valence-corrected chi connectivity index (χ0v) is 41.2. The average molecular weight is 953 g/mol. The van der Waals surface area contributed by atoms with Crippen molar-refractivity contribution in [2.75, 3.05) is 0 Å². The summed E-state index contributed by atoms with van der Waals surface area (Å²) in [6, 6.07) is 72.0. The lowest BCUT2D eigenvalue weighted by molar-refractivity contribution is 0.437. The van der Waals surface area contributed by atoms with Gasteiger partial charge in [-0.1, -0.05) is 160 Å². The van der Waals surface area contributed by atoms with E-state index < -0.39 is 0 Å². The predicted octanol–water partition coefficient (Wildman–Crippen LogP) is 17.9. The van der Waals surface area contributed by atoms with Gasteiger partial charge in [0.2, 0.25) is 0 Å². The van der Waals surface area contributed by atoms with Gasteiger partial charge in [0.15, 0.2) is 0 Å². The topological polar surface area (TPSA) is 67.3 Å². The van der Waals surface area contributed by atoms with Crippen LogP contribution in [0.5, 0.6) is 0 Å². The Morgan fingerprint density at radius 1 is 0.311 bits per heavy atom. The molecular formula is C68H52N6. The van der Waals surface area contributed by atoms with E-state index in [4.69, 9.17) is 0 Å². The van der Waals surface area contributed by atoms with E-state index in [9.17, 15) is 10.5 Å². The van der Waals surface area contributed by atoms with Crippen molar-refractivity contribution in [3.05, 3.63) is 204 Å². The van der Waals surface area contributed by atoms with E-state index in [2.05, 4.69) is 212 Å². The number of hydrogen-bond acceptors (Lipinski definition) is 2. The molecular weight excluding hydrogens is 901 g/mol. The van der Waals surface area contributed by atoms with Crippen LogP contribution < -0.4 is 0 Å². The number of rotatable bonds is 6. The highest BCUT2D eigenvalue weighted by molar-refractivity contribution is 6.28. The van der Waals surface area contributed by atoms with Crippen LogP contribution >= 0.6 is 0 Å². The molecule has 74 heavy (non-hydrogen) atoms. The van der Waals surface area contributed by atoms with Gasteiger partial charge in [-0.05, 0) is 104 Å². The third-order valence-corrected chi connectivity index (χ3v) is 17.2. The second kappa shape index (κ2) is 16.9. The first-order valence-corrected chi connectivity index (χ1v) is 26.8. The van der Waals surface area contributed by atoms with Gasteiger partial charge in [-0.3, -0.25) is 0 Å². The predicted molar refractivity (Wildman–Crippen MR) is 305 cm³/mol. The second-order valence-corrected chi connectivity index (χ2v) is 21.0. The third kappa shape index (κ3) is 6.03. The maximum atomic E-state index is 12.3. The van der Waals surface area contributed by atoms with Crippen LogP contribution in [0.15, 0.2) is 182 Å². The second-order valence-electron chi connectivity index (χ2n) is 21.0. The van der Waals surface area contributed by atoms with Gasteiger partial charge in [-0.15, -0.1) is 0 Å². The van der Waals surface area contributed by atoms with Gasteiger partial charge in [0.25, 0.3) is 0 Å². The van der Waals surface area contributed by atoms with Gasteiger partial charge in [0.1, 0.15) is 12.1 Å². The molecule has 0 saturated heterocycles. The van der Waals surface area contributed by atoms with Crippen molar-refractivity contribution in [3.63, 3.8) is 0 Å². The minimum absolute atomic E-state index is 0.0483. The van der Waals surface area contributed by atoms with Crippen LogP contribution in [0.2, 0.25) is 0 Å². The minimum Gasteiger partial charge on any atom is -0.309 e. The van der Waals surface area contributed by atoms with Crippen molar-refractivity contribution >= 4 is 87.2 Å². The van der Waals surface area contributed by atoms with E-state index in [0.29, 0.717) is 11.1 Å². The monoisotopic (exact) mass is 952 g/mol. The maximum absolute atomic E-state index is 12.3. The van der Waals surface area contributed by atoms with Crippen molar-refractivity contribution in [2.45, 2.75) is 76.0 Å². The molecule has 354 valence electrons. The first-order valence-electron chi connectivity index (χ1n) is 26.8.